The minimum absolute atomic E-state index is 0.126. The lowest BCUT2D eigenvalue weighted by molar-refractivity contribution is -0.172. The smallest absolute Gasteiger partial charge is 0.313 e. The van der Waals surface area contributed by atoms with E-state index in [2.05, 4.69) is 0 Å². The van der Waals surface area contributed by atoms with Crippen LogP contribution >= 0.6 is 0 Å². The summed E-state index contributed by atoms with van der Waals surface area (Å²) >= 11 is 0. The zero-order valence-corrected chi connectivity index (χ0v) is 14.3. The zero-order valence-electron chi connectivity index (χ0n) is 14.3. The highest BCUT2D eigenvalue weighted by Gasteiger charge is 2.62. The first kappa shape index (κ1) is 16.2. The zero-order chi connectivity index (χ0) is 16.3. The maximum absolute atomic E-state index is 12.1. The lowest BCUT2D eigenvalue weighted by atomic mass is 9.92. The molecule has 0 aromatic heterocycles. The molecule has 0 unspecified atom stereocenters. The highest BCUT2D eigenvalue weighted by molar-refractivity contribution is 5.76. The second kappa shape index (κ2) is 5.16. The first-order valence-corrected chi connectivity index (χ1v) is 8.01. The van der Waals surface area contributed by atoms with Crippen molar-refractivity contribution >= 4 is 5.97 Å². The Kier molecular flexibility index (Phi) is 3.79. The minimum atomic E-state index is -0.319. The van der Waals surface area contributed by atoms with Crippen LogP contribution in [0.5, 0.6) is 0 Å². The van der Waals surface area contributed by atoms with Crippen molar-refractivity contribution < 1.29 is 23.8 Å². The molecule has 0 amide bonds. The maximum atomic E-state index is 12.1. The number of nitrogens with zero attached hydrogens (tertiary/aromatic N) is 1. The van der Waals surface area contributed by atoms with E-state index < -0.39 is 0 Å². The SMILES string of the molecule is CC(C)(C)O[C@H]1[C@@H]2[C@H]3C(=O)OC[C@H]3ON2C[C@@H]1OC(C)(C)C. The molecule has 0 aliphatic carbocycles. The lowest BCUT2D eigenvalue weighted by Crippen LogP contribution is -2.47. The highest BCUT2D eigenvalue weighted by atomic mass is 16.7. The van der Waals surface area contributed by atoms with Crippen LogP contribution in [0.3, 0.4) is 0 Å². The predicted molar refractivity (Wildman–Crippen MR) is 79.1 cm³/mol. The van der Waals surface area contributed by atoms with Crippen LogP contribution in [0.25, 0.3) is 0 Å². The van der Waals surface area contributed by atoms with Gasteiger partial charge in [-0.05, 0) is 41.5 Å². The number of hydrogen-bond donors (Lipinski definition) is 0. The van der Waals surface area contributed by atoms with Gasteiger partial charge in [0.05, 0.1) is 23.8 Å². The lowest BCUT2D eigenvalue weighted by Gasteiger charge is -2.34. The summed E-state index contributed by atoms with van der Waals surface area (Å²) in [7, 11) is 0. The number of ether oxygens (including phenoxy) is 3. The monoisotopic (exact) mass is 313 g/mol. The first-order chi connectivity index (χ1) is 10.1. The molecule has 0 aromatic carbocycles. The molecular formula is C16H27NO5. The molecule has 6 nitrogen and oxygen atoms in total. The van der Waals surface area contributed by atoms with Gasteiger partial charge in [-0.1, -0.05) is 0 Å². The van der Waals surface area contributed by atoms with Crippen LogP contribution in [0, 0.1) is 5.92 Å². The van der Waals surface area contributed by atoms with Gasteiger partial charge >= 0.3 is 5.97 Å². The molecule has 0 spiro atoms. The molecule has 0 bridgehead atoms. The molecule has 3 heterocycles. The van der Waals surface area contributed by atoms with Gasteiger partial charge in [-0.3, -0.25) is 9.63 Å². The molecule has 3 aliphatic rings. The van der Waals surface area contributed by atoms with Gasteiger partial charge in [-0.15, -0.1) is 0 Å². The van der Waals surface area contributed by atoms with Gasteiger partial charge in [-0.25, -0.2) is 0 Å². The molecular weight excluding hydrogens is 286 g/mol. The molecule has 3 saturated heterocycles. The van der Waals surface area contributed by atoms with E-state index in [1.165, 1.54) is 0 Å². The second-order valence-corrected chi connectivity index (χ2v) is 8.35. The van der Waals surface area contributed by atoms with E-state index in [1.54, 1.807) is 0 Å². The second-order valence-electron chi connectivity index (χ2n) is 8.35. The van der Waals surface area contributed by atoms with Crippen LogP contribution in [-0.4, -0.2) is 59.7 Å². The molecule has 0 saturated carbocycles. The number of hydroxylamine groups is 2. The van der Waals surface area contributed by atoms with Crippen LogP contribution < -0.4 is 0 Å². The van der Waals surface area contributed by atoms with Gasteiger partial charge in [0.25, 0.3) is 0 Å². The maximum Gasteiger partial charge on any atom is 0.313 e. The topological polar surface area (TPSA) is 57.2 Å². The molecule has 3 rings (SSSR count). The molecule has 0 aromatic rings. The van der Waals surface area contributed by atoms with Gasteiger partial charge in [0.2, 0.25) is 0 Å². The minimum Gasteiger partial charge on any atom is -0.462 e. The average Bonchev–Trinajstić information content (AvgIpc) is 2.90. The molecule has 5 atom stereocenters. The van der Waals surface area contributed by atoms with E-state index in [9.17, 15) is 4.79 Å². The number of fused-ring (bicyclic) bond motifs is 3. The summed E-state index contributed by atoms with van der Waals surface area (Å²) in [6, 6.07) is -0.133. The van der Waals surface area contributed by atoms with E-state index >= 15 is 0 Å². The Balaban J connectivity index is 1.84. The van der Waals surface area contributed by atoms with E-state index in [4.69, 9.17) is 19.0 Å². The molecule has 3 fully saturated rings. The normalized spacial score (nSPS) is 39.0. The summed E-state index contributed by atoms with van der Waals surface area (Å²) in [5.74, 6) is -0.461. The molecule has 3 aliphatic heterocycles. The fourth-order valence-corrected chi connectivity index (χ4v) is 3.54. The fourth-order valence-electron chi connectivity index (χ4n) is 3.54. The van der Waals surface area contributed by atoms with Crippen molar-refractivity contribution in [2.75, 3.05) is 13.2 Å². The van der Waals surface area contributed by atoms with E-state index in [-0.39, 0.29) is 47.4 Å². The number of carbonyl (C=O) groups is 1. The molecule has 6 heteroatoms. The first-order valence-electron chi connectivity index (χ1n) is 8.01. The highest BCUT2D eigenvalue weighted by Crippen LogP contribution is 2.43. The van der Waals surface area contributed by atoms with Crippen LogP contribution in [0.2, 0.25) is 0 Å². The summed E-state index contributed by atoms with van der Waals surface area (Å²) in [5, 5.41) is 1.88. The van der Waals surface area contributed by atoms with Crippen LogP contribution in [-0.2, 0) is 23.8 Å². The Morgan fingerprint density at radius 3 is 2.32 bits per heavy atom. The Morgan fingerprint density at radius 1 is 1.09 bits per heavy atom. The van der Waals surface area contributed by atoms with E-state index in [1.807, 2.05) is 46.6 Å². The van der Waals surface area contributed by atoms with Crippen LogP contribution in [0.15, 0.2) is 0 Å². The number of hydrogen-bond acceptors (Lipinski definition) is 6. The Hall–Kier alpha value is -0.690. The Morgan fingerprint density at radius 2 is 1.73 bits per heavy atom. The van der Waals surface area contributed by atoms with Crippen molar-refractivity contribution in [3.8, 4) is 0 Å². The third-order valence-corrected chi connectivity index (χ3v) is 4.09. The molecule has 126 valence electrons. The van der Waals surface area contributed by atoms with Crippen molar-refractivity contribution in [3.05, 3.63) is 0 Å². The van der Waals surface area contributed by atoms with Gasteiger partial charge in [0, 0.05) is 0 Å². The van der Waals surface area contributed by atoms with Crippen molar-refractivity contribution in [3.63, 3.8) is 0 Å². The van der Waals surface area contributed by atoms with Gasteiger partial charge in [0.1, 0.15) is 30.8 Å². The largest absolute Gasteiger partial charge is 0.462 e. The van der Waals surface area contributed by atoms with E-state index in [0.717, 1.165) is 0 Å². The number of cyclic esters (lactones) is 1. The number of esters is 1. The molecule has 0 radical (unpaired) electrons. The average molecular weight is 313 g/mol. The fraction of sp³-hybridized carbons (Fsp3) is 0.938. The predicted octanol–water partition coefficient (Wildman–Crippen LogP) is 1.52. The number of rotatable bonds is 2. The third kappa shape index (κ3) is 3.02. The third-order valence-electron chi connectivity index (χ3n) is 4.09. The van der Waals surface area contributed by atoms with Gasteiger partial charge in [-0.2, -0.15) is 5.06 Å². The standard InChI is InChI=1S/C16H27NO5/c1-15(2,3)20-9-7-17-12(13(9)21-16(4,5)6)11-10(22-17)8-19-14(11)18/h9-13H,7-8H2,1-6H3/t9-,10+,11-,12-,13+/m0/s1. The Labute approximate surface area is 132 Å². The molecule has 22 heavy (non-hydrogen) atoms. The summed E-state index contributed by atoms with van der Waals surface area (Å²) in [5.41, 5.74) is -0.597. The summed E-state index contributed by atoms with van der Waals surface area (Å²) in [4.78, 5) is 18.0. The van der Waals surface area contributed by atoms with Crippen LogP contribution in [0.1, 0.15) is 41.5 Å². The van der Waals surface area contributed by atoms with Gasteiger partial charge < -0.3 is 14.2 Å². The van der Waals surface area contributed by atoms with Crippen molar-refractivity contribution in [1.29, 1.82) is 0 Å². The van der Waals surface area contributed by atoms with Crippen LogP contribution in [0.4, 0.5) is 0 Å². The summed E-state index contributed by atoms with van der Waals surface area (Å²) < 4.78 is 17.6. The quantitative estimate of drug-likeness (QED) is 0.721. The number of carbonyl (C=O) groups excluding carboxylic acids is 1. The summed E-state index contributed by atoms with van der Waals surface area (Å²) in [6.07, 6.45) is -0.516. The molecule has 0 N–H and O–H groups in total. The van der Waals surface area contributed by atoms with Crippen molar-refractivity contribution in [1.82, 2.24) is 5.06 Å². The van der Waals surface area contributed by atoms with Crippen molar-refractivity contribution in [2.45, 2.75) is 77.1 Å². The Bertz CT molecular complexity index is 452. The van der Waals surface area contributed by atoms with E-state index in [0.29, 0.717) is 13.2 Å². The van der Waals surface area contributed by atoms with Crippen molar-refractivity contribution in [2.24, 2.45) is 5.92 Å². The van der Waals surface area contributed by atoms with Gasteiger partial charge in [0.15, 0.2) is 0 Å². The summed E-state index contributed by atoms with van der Waals surface area (Å²) in [6.45, 7) is 13.1.